The molecule has 0 aliphatic heterocycles. The van der Waals surface area contributed by atoms with Crippen LogP contribution in [0.15, 0.2) is 65.1 Å². The number of carbonyl (C=O) groups excluding carboxylic acids is 1. The zero-order valence-corrected chi connectivity index (χ0v) is 12.2. The number of aromatic nitrogens is 1. The molecule has 0 saturated heterocycles. The second-order valence-corrected chi connectivity index (χ2v) is 5.43. The number of hydrogen-bond acceptors (Lipinski definition) is 1. The van der Waals surface area contributed by atoms with Gasteiger partial charge in [0.25, 0.3) is 0 Å². The number of carbonyl (C=O) groups is 1. The molecule has 3 heteroatoms. The number of para-hydroxylation sites is 1. The van der Waals surface area contributed by atoms with E-state index in [4.69, 9.17) is 0 Å². The van der Waals surface area contributed by atoms with Gasteiger partial charge >= 0.3 is 0 Å². The van der Waals surface area contributed by atoms with Crippen molar-refractivity contribution in [3.63, 3.8) is 0 Å². The van der Waals surface area contributed by atoms with Crippen LogP contribution in [0.5, 0.6) is 0 Å². The first-order valence-corrected chi connectivity index (χ1v) is 7.07. The van der Waals surface area contributed by atoms with Gasteiger partial charge in [0, 0.05) is 21.2 Å². The van der Waals surface area contributed by atoms with Gasteiger partial charge in [0.1, 0.15) is 0 Å². The number of allylic oxidation sites excluding steroid dienone is 1. The van der Waals surface area contributed by atoms with E-state index >= 15 is 0 Å². The van der Waals surface area contributed by atoms with Crippen molar-refractivity contribution in [2.24, 2.45) is 0 Å². The SMILES string of the molecule is O=C(/C=C/c1cc2ccccc2[nH]1)c1ccc(Br)cc1. The van der Waals surface area contributed by atoms with Crippen molar-refractivity contribution >= 4 is 38.7 Å². The van der Waals surface area contributed by atoms with Crippen LogP contribution in [-0.4, -0.2) is 10.8 Å². The predicted octanol–water partition coefficient (Wildman–Crippen LogP) is 4.83. The molecular formula is C17H12BrNO. The molecule has 0 spiro atoms. The van der Waals surface area contributed by atoms with Gasteiger partial charge < -0.3 is 4.98 Å². The van der Waals surface area contributed by atoms with Gasteiger partial charge in [0.05, 0.1) is 0 Å². The molecule has 0 atom stereocenters. The Morgan fingerprint density at radius 1 is 1.05 bits per heavy atom. The Bertz CT molecular complexity index is 751. The van der Waals surface area contributed by atoms with E-state index in [0.717, 1.165) is 21.1 Å². The molecule has 0 saturated carbocycles. The van der Waals surface area contributed by atoms with Crippen LogP contribution in [0.2, 0.25) is 0 Å². The fourth-order valence-electron chi connectivity index (χ4n) is 2.06. The number of rotatable bonds is 3. The molecule has 0 amide bonds. The van der Waals surface area contributed by atoms with Crippen molar-refractivity contribution < 1.29 is 4.79 Å². The molecule has 0 aliphatic rings. The zero-order chi connectivity index (χ0) is 13.9. The van der Waals surface area contributed by atoms with Gasteiger partial charge in [-0.1, -0.05) is 34.1 Å². The Hall–Kier alpha value is -2.13. The first-order valence-electron chi connectivity index (χ1n) is 6.28. The molecule has 20 heavy (non-hydrogen) atoms. The average Bonchev–Trinajstić information content (AvgIpc) is 2.88. The summed E-state index contributed by atoms with van der Waals surface area (Å²) < 4.78 is 0.966. The van der Waals surface area contributed by atoms with Crippen molar-refractivity contribution in [3.8, 4) is 0 Å². The van der Waals surface area contributed by atoms with E-state index in [0.29, 0.717) is 5.56 Å². The number of hydrogen-bond donors (Lipinski definition) is 1. The Labute approximate surface area is 125 Å². The third kappa shape index (κ3) is 2.73. The lowest BCUT2D eigenvalue weighted by Crippen LogP contribution is -1.93. The molecule has 2 aromatic carbocycles. The van der Waals surface area contributed by atoms with E-state index in [-0.39, 0.29) is 5.78 Å². The van der Waals surface area contributed by atoms with Gasteiger partial charge in [-0.25, -0.2) is 0 Å². The van der Waals surface area contributed by atoms with Crippen LogP contribution in [0.1, 0.15) is 16.1 Å². The topological polar surface area (TPSA) is 32.9 Å². The number of H-pyrrole nitrogens is 1. The summed E-state index contributed by atoms with van der Waals surface area (Å²) in [6.45, 7) is 0. The number of benzene rings is 2. The summed E-state index contributed by atoms with van der Waals surface area (Å²) in [5, 5.41) is 1.14. The summed E-state index contributed by atoms with van der Waals surface area (Å²) in [5.74, 6) is -0.00356. The fraction of sp³-hybridized carbons (Fsp3) is 0. The molecule has 3 aromatic rings. The molecule has 0 unspecified atom stereocenters. The molecule has 2 nitrogen and oxygen atoms in total. The van der Waals surface area contributed by atoms with Crippen LogP contribution >= 0.6 is 15.9 Å². The van der Waals surface area contributed by atoms with E-state index in [9.17, 15) is 4.79 Å². The van der Waals surface area contributed by atoms with Crippen molar-refractivity contribution in [1.82, 2.24) is 4.98 Å². The number of nitrogens with one attached hydrogen (secondary N) is 1. The smallest absolute Gasteiger partial charge is 0.185 e. The predicted molar refractivity (Wildman–Crippen MR) is 85.8 cm³/mol. The highest BCUT2D eigenvalue weighted by atomic mass is 79.9. The van der Waals surface area contributed by atoms with E-state index in [1.165, 1.54) is 0 Å². The van der Waals surface area contributed by atoms with Gasteiger partial charge in [-0.3, -0.25) is 4.79 Å². The Morgan fingerprint density at radius 2 is 1.80 bits per heavy atom. The highest BCUT2D eigenvalue weighted by molar-refractivity contribution is 9.10. The molecule has 98 valence electrons. The third-order valence-corrected chi connectivity index (χ3v) is 3.62. The lowest BCUT2D eigenvalue weighted by molar-refractivity contribution is 0.104. The first-order chi connectivity index (χ1) is 9.72. The molecule has 0 aliphatic carbocycles. The Kier molecular flexibility index (Phi) is 3.52. The molecular weight excluding hydrogens is 314 g/mol. The lowest BCUT2D eigenvalue weighted by atomic mass is 10.1. The first kappa shape index (κ1) is 12.9. The number of aromatic amines is 1. The van der Waals surface area contributed by atoms with Crippen molar-refractivity contribution in [2.75, 3.05) is 0 Å². The second kappa shape index (κ2) is 5.47. The minimum absolute atomic E-state index is 0.00356. The van der Waals surface area contributed by atoms with Crippen molar-refractivity contribution in [1.29, 1.82) is 0 Å². The minimum Gasteiger partial charge on any atom is -0.355 e. The van der Waals surface area contributed by atoms with Crippen molar-refractivity contribution in [2.45, 2.75) is 0 Å². The van der Waals surface area contributed by atoms with E-state index in [1.54, 1.807) is 6.08 Å². The zero-order valence-electron chi connectivity index (χ0n) is 10.6. The molecule has 1 N–H and O–H groups in total. The van der Waals surface area contributed by atoms with Gasteiger partial charge in [-0.2, -0.15) is 0 Å². The number of ketones is 1. The summed E-state index contributed by atoms with van der Waals surface area (Å²) in [4.78, 5) is 15.3. The molecule has 0 bridgehead atoms. The van der Waals surface area contributed by atoms with E-state index in [1.807, 2.05) is 60.7 Å². The molecule has 3 rings (SSSR count). The van der Waals surface area contributed by atoms with Gasteiger partial charge in [0.15, 0.2) is 5.78 Å². The van der Waals surface area contributed by atoms with Crippen molar-refractivity contribution in [3.05, 3.63) is 76.4 Å². The monoisotopic (exact) mass is 325 g/mol. The molecule has 0 radical (unpaired) electrons. The van der Waals surface area contributed by atoms with Crippen LogP contribution in [0.4, 0.5) is 0 Å². The maximum atomic E-state index is 12.0. The van der Waals surface area contributed by atoms with Gasteiger partial charge in [0.2, 0.25) is 0 Å². The highest BCUT2D eigenvalue weighted by Gasteiger charge is 2.02. The summed E-state index contributed by atoms with van der Waals surface area (Å²) >= 11 is 3.36. The largest absolute Gasteiger partial charge is 0.355 e. The lowest BCUT2D eigenvalue weighted by Gasteiger charge is -1.95. The average molecular weight is 326 g/mol. The Morgan fingerprint density at radius 3 is 2.55 bits per heavy atom. The normalized spacial score (nSPS) is 11.2. The third-order valence-electron chi connectivity index (χ3n) is 3.09. The van der Waals surface area contributed by atoms with Crippen LogP contribution < -0.4 is 0 Å². The van der Waals surface area contributed by atoms with Crippen LogP contribution in [0, 0.1) is 0 Å². The summed E-state index contributed by atoms with van der Waals surface area (Å²) in [6.07, 6.45) is 3.40. The maximum Gasteiger partial charge on any atom is 0.185 e. The molecule has 1 heterocycles. The van der Waals surface area contributed by atoms with Gasteiger partial charge in [-0.15, -0.1) is 0 Å². The summed E-state index contributed by atoms with van der Waals surface area (Å²) in [7, 11) is 0. The number of fused-ring (bicyclic) bond motifs is 1. The quantitative estimate of drug-likeness (QED) is 0.543. The minimum atomic E-state index is -0.00356. The molecule has 0 fully saturated rings. The van der Waals surface area contributed by atoms with Crippen LogP contribution in [0.3, 0.4) is 0 Å². The highest BCUT2D eigenvalue weighted by Crippen LogP contribution is 2.16. The Balaban J connectivity index is 1.82. The van der Waals surface area contributed by atoms with E-state index in [2.05, 4.69) is 20.9 Å². The van der Waals surface area contributed by atoms with Crippen LogP contribution in [0.25, 0.3) is 17.0 Å². The van der Waals surface area contributed by atoms with E-state index < -0.39 is 0 Å². The second-order valence-electron chi connectivity index (χ2n) is 4.52. The standard InChI is InChI=1S/C17H12BrNO/c18-14-7-5-12(6-8-14)17(20)10-9-15-11-13-3-1-2-4-16(13)19-15/h1-11,19H/b10-9+. The summed E-state index contributed by atoms with van der Waals surface area (Å²) in [6, 6.07) is 17.4. The summed E-state index contributed by atoms with van der Waals surface area (Å²) in [5.41, 5.74) is 2.68. The van der Waals surface area contributed by atoms with Gasteiger partial charge in [-0.05, 0) is 53.9 Å². The number of halogens is 1. The fourth-order valence-corrected chi connectivity index (χ4v) is 2.33. The maximum absolute atomic E-state index is 12.0. The van der Waals surface area contributed by atoms with Crippen LogP contribution in [-0.2, 0) is 0 Å². The molecule has 1 aromatic heterocycles.